The van der Waals surface area contributed by atoms with E-state index >= 15 is 0 Å². The Hall–Kier alpha value is -1.06. The molecule has 0 spiro atoms. The molecule has 0 unspecified atom stereocenters. The predicted octanol–water partition coefficient (Wildman–Crippen LogP) is 2.28. The second kappa shape index (κ2) is 5.24. The molecule has 0 N–H and O–H groups in total. The van der Waals surface area contributed by atoms with Crippen LogP contribution in [0.3, 0.4) is 0 Å². The summed E-state index contributed by atoms with van der Waals surface area (Å²) in [5.74, 6) is 3.10. The number of carbonyl (C=O) groups is 2. The predicted molar refractivity (Wildman–Crippen MR) is 84.1 cm³/mol. The monoisotopic (exact) mass is 304 g/mol. The van der Waals surface area contributed by atoms with Crippen molar-refractivity contribution in [3.63, 3.8) is 0 Å². The highest BCUT2D eigenvalue weighted by atomic mass is 16.2. The van der Waals surface area contributed by atoms with E-state index in [9.17, 15) is 9.59 Å². The van der Waals surface area contributed by atoms with Gasteiger partial charge in [-0.3, -0.25) is 9.59 Å². The average molecular weight is 304 g/mol. The van der Waals surface area contributed by atoms with Crippen LogP contribution in [0.15, 0.2) is 0 Å². The van der Waals surface area contributed by atoms with E-state index in [2.05, 4.69) is 4.90 Å². The van der Waals surface area contributed by atoms with E-state index in [1.807, 2.05) is 11.8 Å². The van der Waals surface area contributed by atoms with Crippen LogP contribution in [0.4, 0.5) is 0 Å². The first-order valence-corrected chi connectivity index (χ1v) is 9.17. The standard InChI is InChI=1S/C18H28N2O2/c1-2-16(21)19-3-5-20(6-4-19)17(22)18-10-13-7-14(11-18)9-15(8-13)12-18/h13-15H,2-12H2,1H3. The molecule has 4 aliphatic carbocycles. The molecule has 1 saturated heterocycles. The van der Waals surface area contributed by atoms with Crippen molar-refractivity contribution in [3.05, 3.63) is 0 Å². The Morgan fingerprint density at radius 1 is 0.864 bits per heavy atom. The van der Waals surface area contributed by atoms with E-state index < -0.39 is 0 Å². The summed E-state index contributed by atoms with van der Waals surface area (Å²) in [5, 5.41) is 0. The van der Waals surface area contributed by atoms with Gasteiger partial charge in [0.2, 0.25) is 11.8 Å². The van der Waals surface area contributed by atoms with Crippen molar-refractivity contribution in [2.45, 2.75) is 51.9 Å². The number of hydrogen-bond donors (Lipinski definition) is 0. The molecule has 0 aromatic rings. The Labute approximate surface area is 133 Å². The highest BCUT2D eigenvalue weighted by Crippen LogP contribution is 2.60. The molecular formula is C18H28N2O2. The van der Waals surface area contributed by atoms with E-state index in [1.165, 1.54) is 19.3 Å². The molecule has 4 heteroatoms. The molecule has 0 aromatic heterocycles. The van der Waals surface area contributed by atoms with Crippen LogP contribution >= 0.6 is 0 Å². The minimum absolute atomic E-state index is 0.0221. The van der Waals surface area contributed by atoms with Crippen LogP contribution in [0.1, 0.15) is 51.9 Å². The van der Waals surface area contributed by atoms with E-state index in [-0.39, 0.29) is 11.3 Å². The van der Waals surface area contributed by atoms with Crippen LogP contribution in [0.2, 0.25) is 0 Å². The molecule has 4 nitrogen and oxygen atoms in total. The molecule has 5 fully saturated rings. The number of piperazine rings is 1. The summed E-state index contributed by atoms with van der Waals surface area (Å²) in [6.07, 6.45) is 8.15. The normalized spacial score (nSPS) is 40.1. The summed E-state index contributed by atoms with van der Waals surface area (Å²) < 4.78 is 0. The zero-order valence-electron chi connectivity index (χ0n) is 13.7. The van der Waals surface area contributed by atoms with Gasteiger partial charge in [0.25, 0.3) is 0 Å². The quantitative estimate of drug-likeness (QED) is 0.785. The summed E-state index contributed by atoms with van der Waals surface area (Å²) in [6.45, 7) is 4.85. The first kappa shape index (κ1) is 14.5. The first-order chi connectivity index (χ1) is 10.6. The van der Waals surface area contributed by atoms with Gasteiger partial charge in [0.1, 0.15) is 0 Å². The highest BCUT2D eigenvalue weighted by Gasteiger charge is 2.55. The third kappa shape index (κ3) is 2.26. The van der Waals surface area contributed by atoms with Gasteiger partial charge in [0.15, 0.2) is 0 Å². The van der Waals surface area contributed by atoms with E-state index in [0.717, 1.165) is 63.2 Å². The third-order valence-corrected chi connectivity index (χ3v) is 6.71. The second-order valence-electron chi connectivity index (χ2n) is 8.22. The maximum Gasteiger partial charge on any atom is 0.228 e. The molecule has 5 rings (SSSR count). The van der Waals surface area contributed by atoms with Crippen molar-refractivity contribution in [2.75, 3.05) is 26.2 Å². The molecule has 0 aromatic carbocycles. The van der Waals surface area contributed by atoms with Crippen molar-refractivity contribution >= 4 is 11.8 Å². The topological polar surface area (TPSA) is 40.6 Å². The maximum absolute atomic E-state index is 13.2. The summed E-state index contributed by atoms with van der Waals surface area (Å²) in [6, 6.07) is 0. The van der Waals surface area contributed by atoms with Gasteiger partial charge < -0.3 is 9.80 Å². The van der Waals surface area contributed by atoms with Gasteiger partial charge in [-0.25, -0.2) is 0 Å². The fourth-order valence-electron chi connectivity index (χ4n) is 6.09. The maximum atomic E-state index is 13.2. The summed E-state index contributed by atoms with van der Waals surface area (Å²) in [7, 11) is 0. The number of rotatable bonds is 2. The molecule has 4 bridgehead atoms. The zero-order chi connectivity index (χ0) is 15.3. The van der Waals surface area contributed by atoms with Crippen molar-refractivity contribution in [1.82, 2.24) is 9.80 Å². The average Bonchev–Trinajstić information content (AvgIpc) is 2.52. The number of nitrogens with zero attached hydrogens (tertiary/aromatic N) is 2. The van der Waals surface area contributed by atoms with Crippen molar-refractivity contribution in [1.29, 1.82) is 0 Å². The lowest BCUT2D eigenvalue weighted by Gasteiger charge is -2.57. The fourth-order valence-corrected chi connectivity index (χ4v) is 6.09. The van der Waals surface area contributed by atoms with Crippen LogP contribution in [0.5, 0.6) is 0 Å². The molecule has 5 aliphatic rings. The Morgan fingerprint density at radius 3 is 1.77 bits per heavy atom. The Bertz CT molecular complexity index is 444. The van der Waals surface area contributed by atoms with Gasteiger partial charge >= 0.3 is 0 Å². The lowest BCUT2D eigenvalue weighted by molar-refractivity contribution is -0.160. The van der Waals surface area contributed by atoms with Crippen LogP contribution < -0.4 is 0 Å². The molecule has 0 atom stereocenters. The van der Waals surface area contributed by atoms with Crippen LogP contribution in [-0.4, -0.2) is 47.8 Å². The lowest BCUT2D eigenvalue weighted by Crippen LogP contribution is -2.58. The van der Waals surface area contributed by atoms with E-state index in [0.29, 0.717) is 12.3 Å². The van der Waals surface area contributed by atoms with Gasteiger partial charge in [-0.2, -0.15) is 0 Å². The summed E-state index contributed by atoms with van der Waals surface area (Å²) in [5.41, 5.74) is -0.0221. The minimum Gasteiger partial charge on any atom is -0.339 e. The Morgan fingerprint density at radius 2 is 1.32 bits per heavy atom. The SMILES string of the molecule is CCC(=O)N1CCN(C(=O)C23CC4CC(CC(C4)C2)C3)CC1. The van der Waals surface area contributed by atoms with Gasteiger partial charge in [0, 0.05) is 32.6 Å². The van der Waals surface area contributed by atoms with Crippen LogP contribution in [0, 0.1) is 23.2 Å². The number of amides is 2. The molecule has 22 heavy (non-hydrogen) atoms. The molecular weight excluding hydrogens is 276 g/mol. The Kier molecular flexibility index (Phi) is 3.46. The van der Waals surface area contributed by atoms with Crippen molar-refractivity contribution in [3.8, 4) is 0 Å². The van der Waals surface area contributed by atoms with Gasteiger partial charge in [0.05, 0.1) is 5.41 Å². The molecule has 1 heterocycles. The first-order valence-electron chi connectivity index (χ1n) is 9.17. The summed E-state index contributed by atoms with van der Waals surface area (Å²) in [4.78, 5) is 29.0. The largest absolute Gasteiger partial charge is 0.339 e. The van der Waals surface area contributed by atoms with Crippen LogP contribution in [-0.2, 0) is 9.59 Å². The minimum atomic E-state index is -0.0221. The lowest BCUT2D eigenvalue weighted by atomic mass is 9.49. The number of hydrogen-bond acceptors (Lipinski definition) is 2. The Balaban J connectivity index is 1.43. The molecule has 2 amide bonds. The number of carbonyl (C=O) groups excluding carboxylic acids is 2. The molecule has 4 saturated carbocycles. The van der Waals surface area contributed by atoms with E-state index in [1.54, 1.807) is 0 Å². The second-order valence-corrected chi connectivity index (χ2v) is 8.22. The van der Waals surface area contributed by atoms with Crippen molar-refractivity contribution < 1.29 is 9.59 Å². The van der Waals surface area contributed by atoms with Gasteiger partial charge in [-0.15, -0.1) is 0 Å². The van der Waals surface area contributed by atoms with Gasteiger partial charge in [-0.05, 0) is 56.3 Å². The van der Waals surface area contributed by atoms with Crippen molar-refractivity contribution in [2.24, 2.45) is 23.2 Å². The third-order valence-electron chi connectivity index (χ3n) is 6.71. The fraction of sp³-hybridized carbons (Fsp3) is 0.889. The molecule has 122 valence electrons. The molecule has 1 aliphatic heterocycles. The highest BCUT2D eigenvalue weighted by molar-refractivity contribution is 5.84. The molecule has 0 radical (unpaired) electrons. The van der Waals surface area contributed by atoms with E-state index in [4.69, 9.17) is 0 Å². The smallest absolute Gasteiger partial charge is 0.228 e. The van der Waals surface area contributed by atoms with Gasteiger partial charge in [-0.1, -0.05) is 6.92 Å². The zero-order valence-corrected chi connectivity index (χ0v) is 13.7. The summed E-state index contributed by atoms with van der Waals surface area (Å²) >= 11 is 0. The van der Waals surface area contributed by atoms with Crippen LogP contribution in [0.25, 0.3) is 0 Å².